The van der Waals surface area contributed by atoms with Crippen LogP contribution >= 0.6 is 15.9 Å². The molecule has 0 heterocycles. The average molecular weight is 273 g/mol. The van der Waals surface area contributed by atoms with Crippen molar-refractivity contribution in [2.45, 2.75) is 13.2 Å². The second kappa shape index (κ2) is 5.39. The second-order valence-corrected chi connectivity index (χ2v) is 4.04. The van der Waals surface area contributed by atoms with Crippen molar-refractivity contribution in [2.24, 2.45) is 0 Å². The summed E-state index contributed by atoms with van der Waals surface area (Å²) in [6, 6.07) is 5.53. The van der Waals surface area contributed by atoms with Gasteiger partial charge >= 0.3 is 0 Å². The van der Waals surface area contributed by atoms with Crippen LogP contribution in [-0.4, -0.2) is 26.3 Å². The lowest BCUT2D eigenvalue weighted by molar-refractivity contribution is -0.0742. The van der Waals surface area contributed by atoms with Crippen molar-refractivity contribution in [1.29, 1.82) is 0 Å². The molecule has 1 aromatic rings. The molecular formula is C11H13BrO3. The van der Waals surface area contributed by atoms with Crippen LogP contribution in [0.5, 0.6) is 0 Å². The molecule has 0 saturated heterocycles. The third kappa shape index (κ3) is 2.87. The summed E-state index contributed by atoms with van der Waals surface area (Å²) in [5.74, 6) is -0.168. The van der Waals surface area contributed by atoms with Gasteiger partial charge in [-0.3, -0.25) is 4.79 Å². The van der Waals surface area contributed by atoms with E-state index in [9.17, 15) is 4.79 Å². The van der Waals surface area contributed by atoms with Gasteiger partial charge in [-0.05, 0) is 24.6 Å². The molecule has 4 heteroatoms. The normalized spacial score (nSPS) is 10.7. The first-order chi connectivity index (χ1) is 7.10. The highest BCUT2D eigenvalue weighted by molar-refractivity contribution is 9.10. The Hall–Kier alpha value is -0.710. The van der Waals surface area contributed by atoms with Crippen LogP contribution in [0.2, 0.25) is 0 Å². The third-order valence-electron chi connectivity index (χ3n) is 2.11. The summed E-state index contributed by atoms with van der Waals surface area (Å²) in [6.45, 7) is 1.88. The first kappa shape index (κ1) is 12.4. The first-order valence-corrected chi connectivity index (χ1v) is 5.25. The number of methoxy groups -OCH3 is 2. The lowest BCUT2D eigenvalue weighted by Gasteiger charge is -2.13. The van der Waals surface area contributed by atoms with Gasteiger partial charge in [0, 0.05) is 24.3 Å². The molecule has 0 saturated carbocycles. The standard InChI is InChI=1S/C11H13BrO3/c1-7-4-5-8(12)6-9(7)10(13)11(14-2)15-3/h4-6,11H,1-3H3. The zero-order chi connectivity index (χ0) is 11.4. The van der Waals surface area contributed by atoms with E-state index < -0.39 is 6.29 Å². The molecule has 3 nitrogen and oxygen atoms in total. The van der Waals surface area contributed by atoms with Gasteiger partial charge in [-0.25, -0.2) is 0 Å². The summed E-state index contributed by atoms with van der Waals surface area (Å²) in [5, 5.41) is 0. The maximum Gasteiger partial charge on any atom is 0.222 e. The molecule has 1 rings (SSSR count). The van der Waals surface area contributed by atoms with E-state index in [-0.39, 0.29) is 5.78 Å². The number of hydrogen-bond donors (Lipinski definition) is 0. The van der Waals surface area contributed by atoms with Crippen LogP contribution < -0.4 is 0 Å². The molecular weight excluding hydrogens is 260 g/mol. The van der Waals surface area contributed by atoms with Crippen molar-refractivity contribution >= 4 is 21.7 Å². The zero-order valence-electron chi connectivity index (χ0n) is 8.91. The van der Waals surface area contributed by atoms with Crippen LogP contribution in [0.4, 0.5) is 0 Å². The number of ether oxygens (including phenoxy) is 2. The Bertz CT molecular complexity index is 359. The van der Waals surface area contributed by atoms with Crippen LogP contribution in [0.25, 0.3) is 0 Å². The number of halogens is 1. The Morgan fingerprint density at radius 3 is 2.47 bits per heavy atom. The lowest BCUT2D eigenvalue weighted by Crippen LogP contribution is -2.25. The second-order valence-electron chi connectivity index (χ2n) is 3.13. The number of carbonyl (C=O) groups excluding carboxylic acids is 1. The van der Waals surface area contributed by atoms with Gasteiger partial charge in [0.25, 0.3) is 0 Å². The lowest BCUT2D eigenvalue weighted by atomic mass is 10.0. The Balaban J connectivity index is 3.04. The minimum Gasteiger partial charge on any atom is -0.349 e. The molecule has 0 N–H and O–H groups in total. The number of carbonyl (C=O) groups is 1. The van der Waals surface area contributed by atoms with E-state index in [1.54, 1.807) is 6.07 Å². The molecule has 15 heavy (non-hydrogen) atoms. The fourth-order valence-electron chi connectivity index (χ4n) is 1.30. The van der Waals surface area contributed by atoms with Crippen molar-refractivity contribution in [3.05, 3.63) is 33.8 Å². The Kier molecular flexibility index (Phi) is 4.45. The van der Waals surface area contributed by atoms with Crippen molar-refractivity contribution in [2.75, 3.05) is 14.2 Å². The summed E-state index contributed by atoms with van der Waals surface area (Å²) >= 11 is 3.32. The quantitative estimate of drug-likeness (QED) is 0.624. The van der Waals surface area contributed by atoms with Gasteiger partial charge in [-0.2, -0.15) is 0 Å². The fourth-order valence-corrected chi connectivity index (χ4v) is 1.66. The molecule has 0 radical (unpaired) electrons. The first-order valence-electron chi connectivity index (χ1n) is 4.46. The molecule has 0 aromatic heterocycles. The number of benzene rings is 1. The highest BCUT2D eigenvalue weighted by Gasteiger charge is 2.20. The van der Waals surface area contributed by atoms with Gasteiger partial charge in [0.2, 0.25) is 12.1 Å². The van der Waals surface area contributed by atoms with E-state index >= 15 is 0 Å². The minimum atomic E-state index is -0.835. The Morgan fingerprint density at radius 2 is 1.93 bits per heavy atom. The van der Waals surface area contributed by atoms with Crippen LogP contribution in [0.3, 0.4) is 0 Å². The molecule has 0 atom stereocenters. The monoisotopic (exact) mass is 272 g/mol. The number of rotatable bonds is 4. The van der Waals surface area contributed by atoms with E-state index in [1.165, 1.54) is 14.2 Å². The Labute approximate surface area is 97.5 Å². The minimum absolute atomic E-state index is 0.168. The topological polar surface area (TPSA) is 35.5 Å². The summed E-state index contributed by atoms with van der Waals surface area (Å²) in [6.07, 6.45) is -0.835. The maximum absolute atomic E-state index is 11.9. The highest BCUT2D eigenvalue weighted by atomic mass is 79.9. The Morgan fingerprint density at radius 1 is 1.33 bits per heavy atom. The average Bonchev–Trinajstić information content (AvgIpc) is 2.23. The van der Waals surface area contributed by atoms with E-state index in [4.69, 9.17) is 9.47 Å². The van der Waals surface area contributed by atoms with Crippen molar-refractivity contribution in [3.63, 3.8) is 0 Å². The molecule has 0 aliphatic carbocycles. The van der Waals surface area contributed by atoms with E-state index in [2.05, 4.69) is 15.9 Å². The molecule has 0 aliphatic heterocycles. The maximum atomic E-state index is 11.9. The van der Waals surface area contributed by atoms with Crippen LogP contribution in [0, 0.1) is 6.92 Å². The third-order valence-corrected chi connectivity index (χ3v) is 2.60. The number of ketones is 1. The number of Topliss-reactive ketones (excluding diaryl/α,β-unsaturated/α-hetero) is 1. The summed E-state index contributed by atoms with van der Waals surface area (Å²) < 4.78 is 10.7. The van der Waals surface area contributed by atoms with Crippen LogP contribution in [0.1, 0.15) is 15.9 Å². The number of hydrogen-bond acceptors (Lipinski definition) is 3. The van der Waals surface area contributed by atoms with Crippen LogP contribution in [-0.2, 0) is 9.47 Å². The van der Waals surface area contributed by atoms with Crippen molar-refractivity contribution < 1.29 is 14.3 Å². The van der Waals surface area contributed by atoms with E-state index in [1.807, 2.05) is 19.1 Å². The van der Waals surface area contributed by atoms with Crippen molar-refractivity contribution in [3.8, 4) is 0 Å². The van der Waals surface area contributed by atoms with Gasteiger partial charge < -0.3 is 9.47 Å². The predicted molar refractivity (Wildman–Crippen MR) is 61.0 cm³/mol. The smallest absolute Gasteiger partial charge is 0.222 e. The molecule has 0 bridgehead atoms. The van der Waals surface area contributed by atoms with Gasteiger partial charge in [-0.15, -0.1) is 0 Å². The molecule has 0 spiro atoms. The predicted octanol–water partition coefficient (Wildman–Crippen LogP) is 2.56. The zero-order valence-corrected chi connectivity index (χ0v) is 10.5. The summed E-state index contributed by atoms with van der Waals surface area (Å²) in [4.78, 5) is 11.9. The summed E-state index contributed by atoms with van der Waals surface area (Å²) in [7, 11) is 2.89. The molecule has 0 amide bonds. The van der Waals surface area contributed by atoms with Gasteiger partial charge in [0.15, 0.2) is 0 Å². The van der Waals surface area contributed by atoms with Gasteiger partial charge in [0.05, 0.1) is 0 Å². The SMILES string of the molecule is COC(OC)C(=O)c1cc(Br)ccc1C. The van der Waals surface area contributed by atoms with Crippen LogP contribution in [0.15, 0.2) is 22.7 Å². The molecule has 1 aromatic carbocycles. The summed E-state index contributed by atoms with van der Waals surface area (Å²) in [5.41, 5.74) is 1.51. The van der Waals surface area contributed by atoms with E-state index in [0.717, 1.165) is 10.0 Å². The molecule has 82 valence electrons. The molecule has 0 fully saturated rings. The van der Waals surface area contributed by atoms with Gasteiger partial charge in [0.1, 0.15) is 0 Å². The molecule has 0 aliphatic rings. The number of aryl methyl sites for hydroxylation is 1. The van der Waals surface area contributed by atoms with E-state index in [0.29, 0.717) is 5.56 Å². The largest absolute Gasteiger partial charge is 0.349 e. The fraction of sp³-hybridized carbons (Fsp3) is 0.364. The van der Waals surface area contributed by atoms with Gasteiger partial charge in [-0.1, -0.05) is 22.0 Å². The van der Waals surface area contributed by atoms with Crippen molar-refractivity contribution in [1.82, 2.24) is 0 Å². The highest BCUT2D eigenvalue weighted by Crippen LogP contribution is 2.18. The molecule has 0 unspecified atom stereocenters.